The van der Waals surface area contributed by atoms with Crippen LogP contribution >= 0.6 is 0 Å². The minimum absolute atomic E-state index is 0.240. The number of aliphatic hydroxyl groups is 1. The Balaban J connectivity index is 2.35. The summed E-state index contributed by atoms with van der Waals surface area (Å²) < 4.78 is 0. The third-order valence-corrected chi connectivity index (χ3v) is 3.69. The number of rotatable bonds is 5. The standard InChI is InChI=1S/C13H28N2O/c1-5-14-12(10-16)9-15-7-6-11(8-15)13(2,3)4/h11-12,14,16H,5-10H2,1-4H3. The van der Waals surface area contributed by atoms with Gasteiger partial charge in [0.2, 0.25) is 0 Å². The number of nitrogens with zero attached hydrogens (tertiary/aromatic N) is 1. The van der Waals surface area contributed by atoms with E-state index in [0.29, 0.717) is 5.41 Å². The number of hydrogen-bond acceptors (Lipinski definition) is 3. The number of aliphatic hydroxyl groups excluding tert-OH is 1. The van der Waals surface area contributed by atoms with Gasteiger partial charge in [-0.15, -0.1) is 0 Å². The molecule has 0 radical (unpaired) electrons. The van der Waals surface area contributed by atoms with E-state index in [1.807, 2.05) is 0 Å². The summed E-state index contributed by atoms with van der Waals surface area (Å²) in [5.74, 6) is 0.800. The Bertz CT molecular complexity index is 201. The van der Waals surface area contributed by atoms with Gasteiger partial charge in [-0.25, -0.2) is 0 Å². The molecular weight excluding hydrogens is 200 g/mol. The SMILES string of the molecule is CCNC(CO)CN1CCC(C(C)(C)C)C1. The monoisotopic (exact) mass is 228 g/mol. The summed E-state index contributed by atoms with van der Waals surface area (Å²) in [7, 11) is 0. The fourth-order valence-corrected chi connectivity index (χ4v) is 2.49. The Labute approximate surface area is 100 Å². The van der Waals surface area contributed by atoms with Crippen molar-refractivity contribution < 1.29 is 5.11 Å². The molecule has 1 saturated heterocycles. The first-order valence-electron chi connectivity index (χ1n) is 6.54. The van der Waals surface area contributed by atoms with Gasteiger partial charge in [-0.2, -0.15) is 0 Å². The second-order valence-electron chi connectivity index (χ2n) is 6.05. The van der Waals surface area contributed by atoms with Crippen molar-refractivity contribution >= 4 is 0 Å². The molecule has 0 aliphatic carbocycles. The van der Waals surface area contributed by atoms with Crippen LogP contribution in [0, 0.1) is 11.3 Å². The van der Waals surface area contributed by atoms with Gasteiger partial charge in [0.1, 0.15) is 0 Å². The zero-order chi connectivity index (χ0) is 12.2. The minimum Gasteiger partial charge on any atom is -0.395 e. The van der Waals surface area contributed by atoms with Crippen molar-refractivity contribution in [2.45, 2.75) is 40.2 Å². The van der Waals surface area contributed by atoms with Gasteiger partial charge < -0.3 is 15.3 Å². The first kappa shape index (κ1) is 13.9. The van der Waals surface area contributed by atoms with Gasteiger partial charge in [0.25, 0.3) is 0 Å². The first-order chi connectivity index (χ1) is 7.47. The molecule has 0 aromatic carbocycles. The van der Waals surface area contributed by atoms with Crippen molar-refractivity contribution in [2.24, 2.45) is 11.3 Å². The zero-order valence-corrected chi connectivity index (χ0v) is 11.3. The Hall–Kier alpha value is -0.120. The minimum atomic E-state index is 0.240. The van der Waals surface area contributed by atoms with E-state index in [2.05, 4.69) is 37.9 Å². The highest BCUT2D eigenvalue weighted by atomic mass is 16.3. The molecule has 96 valence electrons. The molecule has 0 spiro atoms. The van der Waals surface area contributed by atoms with Crippen molar-refractivity contribution in [1.29, 1.82) is 0 Å². The van der Waals surface area contributed by atoms with Crippen LogP contribution in [0.3, 0.4) is 0 Å². The summed E-state index contributed by atoms with van der Waals surface area (Å²) in [5, 5.41) is 12.6. The van der Waals surface area contributed by atoms with Crippen molar-refractivity contribution in [1.82, 2.24) is 10.2 Å². The molecule has 2 unspecified atom stereocenters. The highest BCUT2D eigenvalue weighted by molar-refractivity contribution is 4.85. The van der Waals surface area contributed by atoms with Crippen LogP contribution in [0.1, 0.15) is 34.1 Å². The van der Waals surface area contributed by atoms with Crippen LogP contribution in [-0.2, 0) is 0 Å². The lowest BCUT2D eigenvalue weighted by atomic mass is 9.80. The van der Waals surface area contributed by atoms with Crippen molar-refractivity contribution in [3.8, 4) is 0 Å². The van der Waals surface area contributed by atoms with Gasteiger partial charge in [0, 0.05) is 19.1 Å². The third-order valence-electron chi connectivity index (χ3n) is 3.69. The van der Waals surface area contributed by atoms with Gasteiger partial charge in [0.05, 0.1) is 6.61 Å². The van der Waals surface area contributed by atoms with Crippen molar-refractivity contribution in [2.75, 3.05) is 32.8 Å². The maximum atomic E-state index is 9.25. The molecule has 1 rings (SSSR count). The lowest BCUT2D eigenvalue weighted by molar-refractivity contribution is 0.183. The lowest BCUT2D eigenvalue weighted by Crippen LogP contribution is -2.42. The van der Waals surface area contributed by atoms with Gasteiger partial charge in [-0.1, -0.05) is 27.7 Å². The van der Waals surface area contributed by atoms with E-state index in [9.17, 15) is 5.11 Å². The van der Waals surface area contributed by atoms with Gasteiger partial charge in [-0.3, -0.25) is 0 Å². The number of nitrogens with one attached hydrogen (secondary N) is 1. The van der Waals surface area contributed by atoms with Gasteiger partial charge >= 0.3 is 0 Å². The molecule has 1 aliphatic rings. The molecule has 0 aromatic rings. The van der Waals surface area contributed by atoms with E-state index in [0.717, 1.165) is 19.0 Å². The maximum absolute atomic E-state index is 9.25. The van der Waals surface area contributed by atoms with Crippen LogP contribution in [0.2, 0.25) is 0 Å². The highest BCUT2D eigenvalue weighted by Gasteiger charge is 2.32. The molecule has 16 heavy (non-hydrogen) atoms. The van der Waals surface area contributed by atoms with E-state index >= 15 is 0 Å². The van der Waals surface area contributed by atoms with Gasteiger partial charge in [0.15, 0.2) is 0 Å². The Kier molecular flexibility index (Phi) is 5.22. The predicted octanol–water partition coefficient (Wildman–Crippen LogP) is 1.32. The molecule has 0 aromatic heterocycles. The molecule has 1 fully saturated rings. The Morgan fingerprint density at radius 3 is 2.56 bits per heavy atom. The van der Waals surface area contributed by atoms with E-state index in [-0.39, 0.29) is 12.6 Å². The molecule has 3 nitrogen and oxygen atoms in total. The van der Waals surface area contributed by atoms with Crippen LogP contribution in [0.15, 0.2) is 0 Å². The predicted molar refractivity (Wildman–Crippen MR) is 68.6 cm³/mol. The second kappa shape index (κ2) is 5.99. The third kappa shape index (κ3) is 4.04. The molecule has 1 aliphatic heterocycles. The lowest BCUT2D eigenvalue weighted by Gasteiger charge is -2.28. The van der Waals surface area contributed by atoms with E-state index in [4.69, 9.17) is 0 Å². The quantitative estimate of drug-likeness (QED) is 0.745. The smallest absolute Gasteiger partial charge is 0.0597 e. The second-order valence-corrected chi connectivity index (χ2v) is 6.05. The van der Waals surface area contributed by atoms with E-state index in [1.165, 1.54) is 19.5 Å². The first-order valence-corrected chi connectivity index (χ1v) is 6.54. The topological polar surface area (TPSA) is 35.5 Å². The van der Waals surface area contributed by atoms with Crippen LogP contribution in [0.4, 0.5) is 0 Å². The summed E-state index contributed by atoms with van der Waals surface area (Å²) in [5.41, 5.74) is 0.418. The molecule has 0 bridgehead atoms. The van der Waals surface area contributed by atoms with Crippen molar-refractivity contribution in [3.63, 3.8) is 0 Å². The summed E-state index contributed by atoms with van der Waals surface area (Å²) in [6, 6.07) is 0.240. The molecule has 0 saturated carbocycles. The highest BCUT2D eigenvalue weighted by Crippen LogP contribution is 2.33. The van der Waals surface area contributed by atoms with Crippen LogP contribution in [-0.4, -0.2) is 48.8 Å². The van der Waals surface area contributed by atoms with E-state index in [1.54, 1.807) is 0 Å². The van der Waals surface area contributed by atoms with E-state index < -0.39 is 0 Å². The molecule has 3 heteroatoms. The molecular formula is C13H28N2O. The summed E-state index contributed by atoms with van der Waals surface area (Å²) in [6.07, 6.45) is 1.30. The van der Waals surface area contributed by atoms with Crippen LogP contribution < -0.4 is 5.32 Å². The average Bonchev–Trinajstić information content (AvgIpc) is 2.65. The largest absolute Gasteiger partial charge is 0.395 e. The molecule has 2 N–H and O–H groups in total. The van der Waals surface area contributed by atoms with Crippen LogP contribution in [0.25, 0.3) is 0 Å². The fraction of sp³-hybridized carbons (Fsp3) is 1.00. The summed E-state index contributed by atoms with van der Waals surface area (Å²) in [4.78, 5) is 2.49. The number of hydrogen-bond donors (Lipinski definition) is 2. The zero-order valence-electron chi connectivity index (χ0n) is 11.3. The molecule has 1 heterocycles. The summed E-state index contributed by atoms with van der Waals surface area (Å²) in [6.45, 7) is 13.6. The normalized spacial score (nSPS) is 24.9. The fourth-order valence-electron chi connectivity index (χ4n) is 2.49. The molecule has 2 atom stereocenters. The number of likely N-dealkylation sites (N-methyl/N-ethyl adjacent to an activating group) is 1. The summed E-state index contributed by atoms with van der Waals surface area (Å²) >= 11 is 0. The number of likely N-dealkylation sites (tertiary alicyclic amines) is 1. The maximum Gasteiger partial charge on any atom is 0.0597 e. The van der Waals surface area contributed by atoms with Crippen molar-refractivity contribution in [3.05, 3.63) is 0 Å². The Morgan fingerprint density at radius 1 is 1.44 bits per heavy atom. The van der Waals surface area contributed by atoms with Gasteiger partial charge in [-0.05, 0) is 30.8 Å². The Morgan fingerprint density at radius 2 is 2.12 bits per heavy atom. The molecule has 0 amide bonds. The van der Waals surface area contributed by atoms with Crippen LogP contribution in [0.5, 0.6) is 0 Å². The average molecular weight is 228 g/mol.